The minimum absolute atomic E-state index is 0.0116. The molecule has 652 valence electrons. The van der Waals surface area contributed by atoms with E-state index in [1.807, 2.05) is 201 Å². The number of H-pyrrole nitrogens is 11. The highest BCUT2D eigenvalue weighted by Gasteiger charge is 2.40. The van der Waals surface area contributed by atoms with Crippen LogP contribution in [0.25, 0.3) is 0 Å². The van der Waals surface area contributed by atoms with Gasteiger partial charge in [0.15, 0.2) is 22.5 Å². The highest BCUT2D eigenvalue weighted by molar-refractivity contribution is 8.15. The molecule has 0 bridgehead atoms. The number of carbonyl (C=O) groups is 3. The first kappa shape index (κ1) is 104. The van der Waals surface area contributed by atoms with Gasteiger partial charge in [0.2, 0.25) is 5.89 Å². The summed E-state index contributed by atoms with van der Waals surface area (Å²) in [5, 5.41) is 34.7. The first-order valence-corrected chi connectivity index (χ1v) is 39.8. The average Bonchev–Trinajstić information content (AvgIpc) is 1.78. The summed E-state index contributed by atoms with van der Waals surface area (Å²) in [4.78, 5) is 146. The van der Waals surface area contributed by atoms with Gasteiger partial charge < -0.3 is 28.3 Å². The molecule has 0 aliphatic carbocycles. The molecular weight excluding hydrogens is 1600 g/mol. The number of aromatic nitrogens is 20. The Bertz CT molecular complexity index is 4710. The lowest BCUT2D eigenvalue weighted by Gasteiger charge is -2.28. The molecule has 2 unspecified atom stereocenters. The number of Topliss-reactive ketones (excluding diaryl/α,β-unsaturated/α-hetero) is 1. The van der Waals surface area contributed by atoms with Crippen LogP contribution in [-0.2, 0) is 51.0 Å². The Balaban J connectivity index is 0.000000639. The van der Waals surface area contributed by atoms with Gasteiger partial charge in [-0.1, -0.05) is 209 Å². The summed E-state index contributed by atoms with van der Waals surface area (Å²) in [6.07, 6.45) is 1.88. The van der Waals surface area contributed by atoms with E-state index >= 15 is 0 Å². The summed E-state index contributed by atoms with van der Waals surface area (Å²) in [6.45, 7) is 60.6. The molecule has 2 atom stereocenters. The number of amides is 1. The summed E-state index contributed by atoms with van der Waals surface area (Å²) in [5.74, 6) is 7.06. The highest BCUT2D eigenvalue weighted by atomic mass is 32.2. The van der Waals surface area contributed by atoms with Crippen LogP contribution in [0.1, 0.15) is 301 Å². The average molecular weight is 1720 g/mol. The third-order valence-electron chi connectivity index (χ3n) is 14.2. The fraction of sp³-hybridized carbons (Fsp3) is 0.611. The van der Waals surface area contributed by atoms with E-state index in [1.165, 1.54) is 41.4 Å². The number of carbonyl (C=O) groups excluding carboxylic acids is 3. The fourth-order valence-corrected chi connectivity index (χ4v) is 10.1. The van der Waals surface area contributed by atoms with E-state index in [4.69, 9.17) is 13.9 Å². The maximum atomic E-state index is 11.2. The Labute approximate surface area is 691 Å². The van der Waals surface area contributed by atoms with Gasteiger partial charge in [0, 0.05) is 93.1 Å². The van der Waals surface area contributed by atoms with Crippen molar-refractivity contribution >= 4 is 69.4 Å². The van der Waals surface area contributed by atoms with E-state index in [9.17, 15) is 56.9 Å². The second-order valence-corrected chi connectivity index (χ2v) is 35.9. The summed E-state index contributed by atoms with van der Waals surface area (Å²) >= 11 is 5.31. The first-order valence-electron chi connectivity index (χ1n) is 36.7. The summed E-state index contributed by atoms with van der Waals surface area (Å²) < 4.78 is 40.9. The lowest BCUT2D eigenvalue weighted by Crippen LogP contribution is -2.40. The molecule has 3 aliphatic rings. The van der Waals surface area contributed by atoms with Crippen molar-refractivity contribution < 1.29 is 45.7 Å². The van der Waals surface area contributed by atoms with E-state index in [-0.39, 0.29) is 111 Å². The quantitative estimate of drug-likeness (QED) is 0.0521. The lowest BCUT2D eigenvalue weighted by molar-refractivity contribution is -0.176. The molecule has 45 heteroatoms. The number of hydrogen-bond acceptors (Lipinski definition) is 31. The second kappa shape index (κ2) is 48.2. The van der Waals surface area contributed by atoms with Crippen molar-refractivity contribution in [2.75, 3.05) is 0 Å². The number of amidine groups is 1. The van der Waals surface area contributed by atoms with Crippen LogP contribution in [0.5, 0.6) is 0 Å². The zero-order valence-electron chi connectivity index (χ0n) is 72.0. The van der Waals surface area contributed by atoms with E-state index in [1.54, 1.807) is 0 Å². The molecule has 12 heterocycles. The van der Waals surface area contributed by atoms with Gasteiger partial charge >= 0.3 is 43.9 Å². The van der Waals surface area contributed by atoms with Crippen molar-refractivity contribution in [3.05, 3.63) is 177 Å². The Morgan fingerprint density at radius 2 is 1.20 bits per heavy atom. The molecule has 12 N–H and O–H groups in total. The molecule has 1 amide bonds. The number of hydrogen-bond donors (Lipinski definition) is 12. The molecule has 9 aromatic heterocycles. The van der Waals surface area contributed by atoms with E-state index < -0.39 is 28.5 Å². The van der Waals surface area contributed by atoms with E-state index in [2.05, 4.69) is 143 Å². The number of rotatable bonds is 7. The minimum Gasteiger partial charge on any atom is -0.392 e. The van der Waals surface area contributed by atoms with Crippen LogP contribution in [0, 0.1) is 16.2 Å². The number of nitrogens with zero attached hydrogens (tertiary/aromatic N) is 11. The van der Waals surface area contributed by atoms with Gasteiger partial charge in [-0.3, -0.25) is 58.0 Å². The van der Waals surface area contributed by atoms with Crippen LogP contribution >= 0.6 is 35.5 Å². The van der Waals surface area contributed by atoms with Crippen LogP contribution in [-0.4, -0.2) is 143 Å². The van der Waals surface area contributed by atoms with Crippen LogP contribution in [0.15, 0.2) is 97.6 Å². The van der Waals surface area contributed by atoms with Crippen molar-refractivity contribution in [1.29, 1.82) is 0 Å². The summed E-state index contributed by atoms with van der Waals surface area (Å²) in [5.41, 5.74) is 1.94. The molecule has 117 heavy (non-hydrogen) atoms. The van der Waals surface area contributed by atoms with Crippen molar-refractivity contribution in [1.82, 2.24) is 111 Å². The molecule has 12 rings (SSSR count). The van der Waals surface area contributed by atoms with Crippen molar-refractivity contribution in [2.24, 2.45) is 15.7 Å². The molecule has 0 spiro atoms. The molecule has 0 saturated carbocycles. The minimum atomic E-state index is -1.50. The predicted octanol–water partition coefficient (Wildman–Crippen LogP) is 10.3. The lowest BCUT2D eigenvalue weighted by atomic mass is 9.89. The summed E-state index contributed by atoms with van der Waals surface area (Å²) in [7, 11) is 0. The number of thioether (sulfide) groups is 1. The molecule has 2 saturated heterocycles. The largest absolute Gasteiger partial charge is 0.438 e. The monoisotopic (exact) mass is 1720 g/mol. The number of ketones is 1. The fourth-order valence-electron chi connectivity index (χ4n) is 7.75. The van der Waals surface area contributed by atoms with Crippen LogP contribution in [0.4, 0.5) is 0 Å². The molecule has 9 aromatic rings. The van der Waals surface area contributed by atoms with E-state index in [0.29, 0.717) is 64.8 Å². The zero-order valence-corrected chi connectivity index (χ0v) is 75.2. The maximum absolute atomic E-state index is 11.2. The van der Waals surface area contributed by atoms with Gasteiger partial charge in [-0.2, -0.15) is 34.2 Å². The molecule has 0 radical (unpaired) electrons. The van der Waals surface area contributed by atoms with E-state index in [0.717, 1.165) is 34.7 Å². The second-order valence-electron chi connectivity index (χ2n) is 32.8. The Kier molecular flexibility index (Phi) is 43.1. The molecule has 2 fully saturated rings. The smallest absolute Gasteiger partial charge is 0.392 e. The van der Waals surface area contributed by atoms with Gasteiger partial charge in [0.05, 0.1) is 35.7 Å². The molecular formula is C72H117N23O18S4. The highest BCUT2D eigenvalue weighted by Crippen LogP contribution is 2.37. The van der Waals surface area contributed by atoms with Gasteiger partial charge in [0.1, 0.15) is 34.8 Å². The predicted molar refractivity (Wildman–Crippen MR) is 446 cm³/mol. The van der Waals surface area contributed by atoms with Crippen LogP contribution in [0.2, 0.25) is 0 Å². The van der Waals surface area contributed by atoms with Crippen LogP contribution in [0.3, 0.4) is 0 Å². The van der Waals surface area contributed by atoms with Gasteiger partial charge in [-0.15, -0.1) is 19.7 Å². The van der Waals surface area contributed by atoms with Crippen molar-refractivity contribution in [3.8, 4) is 0 Å². The summed E-state index contributed by atoms with van der Waals surface area (Å²) in [6, 6.07) is 4.40. The third-order valence-corrected chi connectivity index (χ3v) is 17.1. The normalized spacial score (nSPS) is 14.3. The number of tetrazole rings is 1. The zero-order chi connectivity index (χ0) is 90.0. The van der Waals surface area contributed by atoms with Crippen LogP contribution < -0.4 is 49.9 Å². The SMILES string of the molecule is C=C1CC(=O)N(C(C)(C)C)O1.CC(C)(C)C1SC(=O)CC1=O.CC(C)(C)c1cc(=O)[nH]c(=O)[nH]1.CC(C)(C)c1cc(=O)[nH]cn1.CC(C)(C)c1cc(=O)[nH]o1.CC(C)C1=NS(=O)ON1.CC(C)c1n[nH]c(=O)[nH]1.CC(C)c1n[nH]c(=O)o1.CC(C)c1nc(=S)o[nH]1.CC(C)c1nn[nH]n1.CC(C)c1noc(=O)[nH]1.CC(C)c1nsc(=O)[nH]1. The first-order chi connectivity index (χ1) is 53.7. The third kappa shape index (κ3) is 42.2. The molecule has 3 aliphatic heterocycles. The number of hydroxylamine groups is 3. The topological polar surface area (TPSA) is 593 Å². The number of aromatic amines is 11. The Morgan fingerprint density at radius 1 is 0.590 bits per heavy atom. The van der Waals surface area contributed by atoms with Gasteiger partial charge in [-0.05, 0) is 38.4 Å². The number of nitrogens with one attached hydrogen (secondary N) is 12. The molecule has 0 aromatic carbocycles. The Morgan fingerprint density at radius 3 is 1.44 bits per heavy atom. The van der Waals surface area contributed by atoms with Crippen molar-refractivity contribution in [3.63, 3.8) is 0 Å². The maximum Gasteiger partial charge on any atom is 0.438 e. The van der Waals surface area contributed by atoms with Gasteiger partial charge in [0.25, 0.3) is 22.6 Å². The molecule has 41 nitrogen and oxygen atoms in total. The van der Waals surface area contributed by atoms with Crippen molar-refractivity contribution in [2.45, 2.75) is 276 Å². The Hall–Kier alpha value is -10.5. The van der Waals surface area contributed by atoms with Gasteiger partial charge in [-0.25, -0.2) is 49.2 Å². The standard InChI is InChI=1S/C8H12N2O2.C8H12N2O.C8H13NO2.C8H12O2S.C7H11NO2.C5H9N3O.2C5H8N2O2.2C5H8N2OS.C4H8N4.C4H8N2O2S/c1-8(2,3)5-4-6(11)10-7(12)9-5;1-8(2,3)6-4-7(11)10-5-9-6;1-6-5-7(10)9(11-6)8(2,3)4;1-8(2,3)7-5(9)4-6(10)11-7;1-7(2,3)5-4-6(9)8-10-5;1-3(2)4-6-5(9)8-7-4;1-3(2)4-6-7-5(8)9-4;2*1-3(2)4-6-5(8)9-7-4;1-3(2)4-6-5(9)8-7-4;1-3(2)4-5-7-8-6-4;1-3(2)4-5-8-9(7)6-4/h4H,1-3H3,(H2,9,10,11,12);4-5H,1-3H3,(H,9,10,11);1,5H2,2-4H3;7H,4H2,1-3H3;4H,1-3H3,(H,8,9);3H,1-2H3,(H2,6,7,8,9);3H,1-2H3,(H,7,8);2*3H,1-2H3,(H,6,7,8);3H,1-2H3,(H,6,7,9);3H,1-2H3,(H,5,6,7,8);3H,1-2H3,(H,5,6).